The van der Waals surface area contributed by atoms with Gasteiger partial charge >= 0.3 is 0 Å². The smallest absolute Gasteiger partial charge is 0.240 e. The largest absolute Gasteiger partial charge is 0.377 e. The van der Waals surface area contributed by atoms with Crippen LogP contribution >= 0.6 is 0 Å². The zero-order valence-corrected chi connectivity index (χ0v) is 15.5. The van der Waals surface area contributed by atoms with Gasteiger partial charge in [0.15, 0.2) is 0 Å². The van der Waals surface area contributed by atoms with Crippen LogP contribution in [0.2, 0.25) is 0 Å². The monoisotopic (exact) mass is 326 g/mol. The zero-order chi connectivity index (χ0) is 17.0. The summed E-state index contributed by atoms with van der Waals surface area (Å²) in [6.07, 6.45) is 2.68. The van der Waals surface area contributed by atoms with Crippen LogP contribution in [-0.4, -0.2) is 72.8 Å². The Morgan fingerprint density at radius 2 is 1.87 bits per heavy atom. The van der Waals surface area contributed by atoms with E-state index in [4.69, 9.17) is 9.47 Å². The maximum Gasteiger partial charge on any atom is 0.240 e. The van der Waals surface area contributed by atoms with Crippen molar-refractivity contribution in [2.75, 3.05) is 32.8 Å². The summed E-state index contributed by atoms with van der Waals surface area (Å²) < 4.78 is 11.6. The molecule has 0 aliphatic carbocycles. The second-order valence-electron chi connectivity index (χ2n) is 7.40. The summed E-state index contributed by atoms with van der Waals surface area (Å²) in [6, 6.07) is -0.0517. The summed E-state index contributed by atoms with van der Waals surface area (Å²) in [5.41, 5.74) is 0. The van der Waals surface area contributed by atoms with E-state index in [9.17, 15) is 4.79 Å². The van der Waals surface area contributed by atoms with Crippen molar-refractivity contribution in [2.24, 2.45) is 5.92 Å². The Balaban J connectivity index is 2.06. The van der Waals surface area contributed by atoms with Gasteiger partial charge in [-0.15, -0.1) is 0 Å². The van der Waals surface area contributed by atoms with Gasteiger partial charge in [-0.1, -0.05) is 13.8 Å². The number of morpholine rings is 1. The van der Waals surface area contributed by atoms with Crippen LogP contribution < -0.4 is 0 Å². The fourth-order valence-electron chi connectivity index (χ4n) is 4.00. The van der Waals surface area contributed by atoms with Gasteiger partial charge in [-0.3, -0.25) is 9.69 Å². The molecule has 0 aromatic heterocycles. The van der Waals surface area contributed by atoms with Gasteiger partial charge in [0.05, 0.1) is 24.4 Å². The summed E-state index contributed by atoms with van der Waals surface area (Å²) in [7, 11) is 0. The van der Waals surface area contributed by atoms with Crippen LogP contribution in [0.25, 0.3) is 0 Å². The molecule has 2 fully saturated rings. The Labute approximate surface area is 141 Å². The van der Waals surface area contributed by atoms with Gasteiger partial charge in [0.25, 0.3) is 0 Å². The van der Waals surface area contributed by atoms with Crippen molar-refractivity contribution in [2.45, 2.75) is 71.8 Å². The standard InChI is InChI=1S/C18H34N2O3/c1-6-22-16-8-7-9-19(12-16)18(21)17(13(2)3)20-10-14(4)23-15(5)11-20/h13-17H,6-12H2,1-5H3. The summed E-state index contributed by atoms with van der Waals surface area (Å²) >= 11 is 0. The molecule has 0 N–H and O–H groups in total. The Kier molecular flexibility index (Phi) is 6.86. The van der Waals surface area contributed by atoms with E-state index in [2.05, 4.69) is 32.6 Å². The van der Waals surface area contributed by atoms with Crippen LogP contribution in [0, 0.1) is 5.92 Å². The van der Waals surface area contributed by atoms with E-state index in [0.717, 1.165) is 45.6 Å². The van der Waals surface area contributed by atoms with E-state index in [1.807, 2.05) is 11.8 Å². The molecule has 2 aliphatic rings. The van der Waals surface area contributed by atoms with Crippen molar-refractivity contribution >= 4 is 5.91 Å². The fraction of sp³-hybridized carbons (Fsp3) is 0.944. The number of piperidine rings is 1. The topological polar surface area (TPSA) is 42.0 Å². The SMILES string of the molecule is CCOC1CCCN(C(=O)C(C(C)C)N2CC(C)OC(C)C2)C1. The summed E-state index contributed by atoms with van der Waals surface area (Å²) in [6.45, 7) is 14.5. The van der Waals surface area contributed by atoms with Gasteiger partial charge < -0.3 is 14.4 Å². The van der Waals surface area contributed by atoms with E-state index in [1.54, 1.807) is 0 Å². The Morgan fingerprint density at radius 1 is 1.22 bits per heavy atom. The third-order valence-corrected chi connectivity index (χ3v) is 4.82. The number of nitrogens with zero attached hydrogens (tertiary/aromatic N) is 2. The maximum absolute atomic E-state index is 13.2. The molecule has 0 saturated carbocycles. The third-order valence-electron chi connectivity index (χ3n) is 4.82. The molecular weight excluding hydrogens is 292 g/mol. The van der Waals surface area contributed by atoms with Crippen molar-refractivity contribution in [1.29, 1.82) is 0 Å². The first-order chi connectivity index (χ1) is 10.9. The van der Waals surface area contributed by atoms with Crippen LogP contribution in [-0.2, 0) is 14.3 Å². The lowest BCUT2D eigenvalue weighted by Crippen LogP contribution is -2.59. The molecule has 4 atom stereocenters. The number of hydrogen-bond donors (Lipinski definition) is 0. The van der Waals surface area contributed by atoms with Crippen LogP contribution in [0.4, 0.5) is 0 Å². The van der Waals surface area contributed by atoms with Crippen molar-refractivity contribution < 1.29 is 14.3 Å². The molecule has 0 bridgehead atoms. The fourth-order valence-corrected chi connectivity index (χ4v) is 4.00. The van der Waals surface area contributed by atoms with Gasteiger partial charge in [-0.05, 0) is 39.5 Å². The normalized spacial score (nSPS) is 31.4. The zero-order valence-electron chi connectivity index (χ0n) is 15.5. The molecule has 5 nitrogen and oxygen atoms in total. The number of carbonyl (C=O) groups excluding carboxylic acids is 1. The maximum atomic E-state index is 13.2. The first-order valence-electron chi connectivity index (χ1n) is 9.22. The van der Waals surface area contributed by atoms with E-state index in [-0.39, 0.29) is 30.3 Å². The van der Waals surface area contributed by atoms with Crippen molar-refractivity contribution in [3.05, 3.63) is 0 Å². The molecule has 5 heteroatoms. The lowest BCUT2D eigenvalue weighted by Gasteiger charge is -2.43. The summed E-state index contributed by atoms with van der Waals surface area (Å²) in [4.78, 5) is 17.5. The second kappa shape index (κ2) is 8.45. The highest BCUT2D eigenvalue weighted by molar-refractivity contribution is 5.82. The Hall–Kier alpha value is -0.650. The molecule has 2 saturated heterocycles. The van der Waals surface area contributed by atoms with Crippen LogP contribution in [0.15, 0.2) is 0 Å². The number of carbonyl (C=O) groups is 1. The molecule has 2 aliphatic heterocycles. The van der Waals surface area contributed by atoms with E-state index in [1.165, 1.54) is 0 Å². The second-order valence-corrected chi connectivity index (χ2v) is 7.40. The lowest BCUT2D eigenvalue weighted by molar-refractivity contribution is -0.149. The van der Waals surface area contributed by atoms with Gasteiger partial charge in [-0.25, -0.2) is 0 Å². The van der Waals surface area contributed by atoms with Crippen molar-refractivity contribution in [1.82, 2.24) is 9.80 Å². The summed E-state index contributed by atoms with van der Waals surface area (Å²) in [5, 5.41) is 0. The molecule has 0 aromatic carbocycles. The van der Waals surface area contributed by atoms with Gasteiger partial charge in [0.2, 0.25) is 5.91 Å². The lowest BCUT2D eigenvalue weighted by atomic mass is 9.97. The highest BCUT2D eigenvalue weighted by Crippen LogP contribution is 2.22. The minimum Gasteiger partial charge on any atom is -0.377 e. The quantitative estimate of drug-likeness (QED) is 0.776. The molecule has 2 rings (SSSR count). The van der Waals surface area contributed by atoms with E-state index >= 15 is 0 Å². The van der Waals surface area contributed by atoms with Crippen LogP contribution in [0.3, 0.4) is 0 Å². The molecule has 0 spiro atoms. The highest BCUT2D eigenvalue weighted by atomic mass is 16.5. The van der Waals surface area contributed by atoms with E-state index in [0.29, 0.717) is 5.92 Å². The summed E-state index contributed by atoms with van der Waals surface area (Å²) in [5.74, 6) is 0.568. The minimum atomic E-state index is -0.0517. The molecule has 1 amide bonds. The molecule has 2 heterocycles. The van der Waals surface area contributed by atoms with Crippen molar-refractivity contribution in [3.63, 3.8) is 0 Å². The van der Waals surface area contributed by atoms with Gasteiger partial charge in [-0.2, -0.15) is 0 Å². The first kappa shape index (κ1) is 18.7. The average Bonchev–Trinajstić information content (AvgIpc) is 2.46. The van der Waals surface area contributed by atoms with Crippen LogP contribution in [0.5, 0.6) is 0 Å². The number of rotatable bonds is 5. The minimum absolute atomic E-state index is 0.0517. The van der Waals surface area contributed by atoms with Crippen LogP contribution in [0.1, 0.15) is 47.5 Å². The Morgan fingerprint density at radius 3 is 2.43 bits per heavy atom. The number of hydrogen-bond acceptors (Lipinski definition) is 4. The Bertz CT molecular complexity index is 376. The number of likely N-dealkylation sites (tertiary alicyclic amines) is 1. The van der Waals surface area contributed by atoms with E-state index < -0.39 is 0 Å². The molecule has 0 radical (unpaired) electrons. The number of ether oxygens (including phenoxy) is 2. The molecular formula is C18H34N2O3. The van der Waals surface area contributed by atoms with Gasteiger partial charge in [0, 0.05) is 32.8 Å². The number of amides is 1. The van der Waals surface area contributed by atoms with Crippen molar-refractivity contribution in [3.8, 4) is 0 Å². The van der Waals surface area contributed by atoms with Gasteiger partial charge in [0.1, 0.15) is 0 Å². The average molecular weight is 326 g/mol. The molecule has 134 valence electrons. The molecule has 23 heavy (non-hydrogen) atoms. The predicted octanol–water partition coefficient (Wildman–Crippen LogP) is 2.15. The highest BCUT2D eigenvalue weighted by Gasteiger charge is 2.37. The predicted molar refractivity (Wildman–Crippen MR) is 91.4 cm³/mol. The molecule has 4 unspecified atom stereocenters. The third kappa shape index (κ3) is 4.91. The molecule has 0 aromatic rings. The first-order valence-corrected chi connectivity index (χ1v) is 9.22.